The number of hydrogen-bond acceptors (Lipinski definition) is 5. The fourth-order valence-corrected chi connectivity index (χ4v) is 2.51. The molecular formula is C20H23ClN2O5. The number of benzene rings is 1. The van der Waals surface area contributed by atoms with E-state index in [1.54, 1.807) is 30.3 Å². The SMILES string of the molecule is CCCOc1c(Cl)cc(/C=C/C(=O)NCC(=O)NCc2ccco2)cc1OC. The van der Waals surface area contributed by atoms with Gasteiger partial charge >= 0.3 is 0 Å². The van der Waals surface area contributed by atoms with Gasteiger partial charge in [0.15, 0.2) is 11.5 Å². The predicted octanol–water partition coefficient (Wildman–Crippen LogP) is 3.18. The maximum absolute atomic E-state index is 11.9. The third kappa shape index (κ3) is 6.66. The van der Waals surface area contributed by atoms with Gasteiger partial charge in [-0.25, -0.2) is 0 Å². The minimum atomic E-state index is -0.408. The molecule has 0 fully saturated rings. The van der Waals surface area contributed by atoms with Crippen LogP contribution in [0.25, 0.3) is 6.08 Å². The van der Waals surface area contributed by atoms with Crippen LogP contribution >= 0.6 is 11.6 Å². The van der Waals surface area contributed by atoms with Crippen molar-refractivity contribution in [2.24, 2.45) is 0 Å². The summed E-state index contributed by atoms with van der Waals surface area (Å²) in [5.41, 5.74) is 0.670. The standard InChI is InChI=1S/C20H23ClN2O5/c1-3-8-28-20-16(21)10-14(11-17(20)26-2)6-7-18(24)23-13-19(25)22-12-15-5-4-9-27-15/h4-7,9-11H,3,8,12-13H2,1-2H3,(H,22,25)(H,23,24)/b7-6+. The zero-order valence-corrected chi connectivity index (χ0v) is 16.5. The predicted molar refractivity (Wildman–Crippen MR) is 106 cm³/mol. The van der Waals surface area contributed by atoms with Crippen LogP contribution in [0, 0.1) is 0 Å². The Morgan fingerprint density at radius 1 is 1.29 bits per heavy atom. The monoisotopic (exact) mass is 406 g/mol. The second-order valence-corrected chi connectivity index (χ2v) is 6.20. The van der Waals surface area contributed by atoms with Crippen LogP contribution < -0.4 is 20.1 Å². The first-order valence-corrected chi connectivity index (χ1v) is 9.16. The number of nitrogens with one attached hydrogen (secondary N) is 2. The molecule has 0 saturated heterocycles. The van der Waals surface area contributed by atoms with Crippen LogP contribution in [-0.2, 0) is 16.1 Å². The number of methoxy groups -OCH3 is 1. The summed E-state index contributed by atoms with van der Waals surface area (Å²) in [4.78, 5) is 23.6. The average molecular weight is 407 g/mol. The molecule has 0 unspecified atom stereocenters. The van der Waals surface area contributed by atoms with E-state index >= 15 is 0 Å². The van der Waals surface area contributed by atoms with Gasteiger partial charge in [0.1, 0.15) is 5.76 Å². The van der Waals surface area contributed by atoms with E-state index in [2.05, 4.69) is 10.6 Å². The lowest BCUT2D eigenvalue weighted by Gasteiger charge is -2.12. The molecule has 0 saturated carbocycles. The summed E-state index contributed by atoms with van der Waals surface area (Å²) in [5, 5.41) is 5.54. The molecule has 0 atom stereocenters. The molecule has 0 aliphatic rings. The Labute approximate surface area is 168 Å². The number of halogens is 1. The highest BCUT2D eigenvalue weighted by molar-refractivity contribution is 6.32. The lowest BCUT2D eigenvalue weighted by molar-refractivity contribution is -0.124. The van der Waals surface area contributed by atoms with Gasteiger partial charge in [0.05, 0.1) is 38.1 Å². The van der Waals surface area contributed by atoms with Crippen molar-refractivity contribution < 1.29 is 23.5 Å². The van der Waals surface area contributed by atoms with Crippen LogP contribution in [0.15, 0.2) is 41.0 Å². The molecule has 7 nitrogen and oxygen atoms in total. The van der Waals surface area contributed by atoms with E-state index in [0.29, 0.717) is 34.5 Å². The second-order valence-electron chi connectivity index (χ2n) is 5.79. The normalized spacial score (nSPS) is 10.7. The first-order valence-electron chi connectivity index (χ1n) is 8.78. The van der Waals surface area contributed by atoms with E-state index in [0.717, 1.165) is 6.42 Å². The number of ether oxygens (including phenoxy) is 2. The maximum Gasteiger partial charge on any atom is 0.244 e. The Hall–Kier alpha value is -2.93. The number of carbonyl (C=O) groups excluding carboxylic acids is 2. The van der Waals surface area contributed by atoms with E-state index in [1.807, 2.05) is 6.92 Å². The van der Waals surface area contributed by atoms with Gasteiger partial charge in [0.2, 0.25) is 11.8 Å². The van der Waals surface area contributed by atoms with E-state index < -0.39 is 5.91 Å². The topological polar surface area (TPSA) is 89.8 Å². The molecule has 2 rings (SSSR count). The summed E-state index contributed by atoms with van der Waals surface area (Å²) in [5.74, 6) is 0.866. The third-order valence-corrected chi connectivity index (χ3v) is 3.87. The van der Waals surface area contributed by atoms with E-state index in [4.69, 9.17) is 25.5 Å². The van der Waals surface area contributed by atoms with Gasteiger partial charge in [-0.1, -0.05) is 18.5 Å². The molecule has 150 valence electrons. The lowest BCUT2D eigenvalue weighted by atomic mass is 10.2. The maximum atomic E-state index is 11.9. The average Bonchev–Trinajstić information content (AvgIpc) is 3.21. The van der Waals surface area contributed by atoms with E-state index in [1.165, 1.54) is 19.4 Å². The molecule has 1 aromatic heterocycles. The van der Waals surface area contributed by atoms with Gasteiger partial charge in [-0.05, 0) is 42.3 Å². The summed E-state index contributed by atoms with van der Waals surface area (Å²) in [6.45, 7) is 2.64. The number of carbonyl (C=O) groups is 2. The molecule has 2 aromatic rings. The number of hydrogen-bond donors (Lipinski definition) is 2. The molecule has 0 spiro atoms. The van der Waals surface area contributed by atoms with E-state index in [9.17, 15) is 9.59 Å². The van der Waals surface area contributed by atoms with Gasteiger partial charge in [-0.3, -0.25) is 9.59 Å². The fraction of sp³-hybridized carbons (Fsp3) is 0.300. The largest absolute Gasteiger partial charge is 0.493 e. The van der Waals surface area contributed by atoms with Crippen molar-refractivity contribution in [2.75, 3.05) is 20.3 Å². The highest BCUT2D eigenvalue weighted by Gasteiger charge is 2.11. The smallest absolute Gasteiger partial charge is 0.244 e. The van der Waals surface area contributed by atoms with Gasteiger partial charge < -0.3 is 24.5 Å². The molecule has 0 radical (unpaired) electrons. The van der Waals surface area contributed by atoms with Crippen molar-refractivity contribution >= 4 is 29.5 Å². The Bertz CT molecular complexity index is 818. The molecule has 0 aliphatic heterocycles. The van der Waals surface area contributed by atoms with Crippen LogP contribution in [-0.4, -0.2) is 32.1 Å². The van der Waals surface area contributed by atoms with Crippen LogP contribution in [0.4, 0.5) is 0 Å². The first kappa shape index (κ1) is 21.4. The van der Waals surface area contributed by atoms with E-state index in [-0.39, 0.29) is 19.0 Å². The summed E-state index contributed by atoms with van der Waals surface area (Å²) >= 11 is 6.24. The van der Waals surface area contributed by atoms with Crippen LogP contribution in [0.2, 0.25) is 5.02 Å². The van der Waals surface area contributed by atoms with Crippen molar-refractivity contribution in [3.63, 3.8) is 0 Å². The van der Waals surface area contributed by atoms with Crippen molar-refractivity contribution in [1.82, 2.24) is 10.6 Å². The highest BCUT2D eigenvalue weighted by Crippen LogP contribution is 2.36. The summed E-state index contributed by atoms with van der Waals surface area (Å²) in [7, 11) is 1.52. The Morgan fingerprint density at radius 2 is 2.11 bits per heavy atom. The Balaban J connectivity index is 1.87. The Kier molecular flexibility index (Phi) is 8.42. The Morgan fingerprint density at radius 3 is 2.79 bits per heavy atom. The number of amides is 2. The van der Waals surface area contributed by atoms with Crippen LogP contribution in [0.1, 0.15) is 24.7 Å². The summed E-state index contributed by atoms with van der Waals surface area (Å²) in [6.07, 6.45) is 5.26. The molecule has 0 aliphatic carbocycles. The molecule has 8 heteroatoms. The minimum absolute atomic E-state index is 0.141. The first-order chi connectivity index (χ1) is 13.5. The van der Waals surface area contributed by atoms with Crippen molar-refractivity contribution in [2.45, 2.75) is 19.9 Å². The number of furan rings is 1. The summed E-state index contributed by atoms with van der Waals surface area (Å²) < 4.78 is 16.0. The van der Waals surface area contributed by atoms with Gasteiger partial charge in [0, 0.05) is 6.08 Å². The quantitative estimate of drug-likeness (QED) is 0.591. The summed E-state index contributed by atoms with van der Waals surface area (Å²) in [6, 6.07) is 6.88. The molecule has 2 N–H and O–H groups in total. The minimum Gasteiger partial charge on any atom is -0.493 e. The molecule has 1 heterocycles. The van der Waals surface area contributed by atoms with Crippen LogP contribution in [0.3, 0.4) is 0 Å². The molecule has 28 heavy (non-hydrogen) atoms. The van der Waals surface area contributed by atoms with Crippen molar-refractivity contribution in [1.29, 1.82) is 0 Å². The van der Waals surface area contributed by atoms with Gasteiger partial charge in [0.25, 0.3) is 0 Å². The van der Waals surface area contributed by atoms with Gasteiger partial charge in [-0.2, -0.15) is 0 Å². The zero-order chi connectivity index (χ0) is 20.4. The third-order valence-electron chi connectivity index (χ3n) is 3.59. The van der Waals surface area contributed by atoms with Crippen molar-refractivity contribution in [3.8, 4) is 11.5 Å². The molecular weight excluding hydrogens is 384 g/mol. The van der Waals surface area contributed by atoms with Gasteiger partial charge in [-0.15, -0.1) is 0 Å². The van der Waals surface area contributed by atoms with Crippen LogP contribution in [0.5, 0.6) is 11.5 Å². The lowest BCUT2D eigenvalue weighted by Crippen LogP contribution is -2.35. The zero-order valence-electron chi connectivity index (χ0n) is 15.8. The molecule has 1 aromatic carbocycles. The number of rotatable bonds is 10. The second kappa shape index (κ2) is 11.0. The fourth-order valence-electron chi connectivity index (χ4n) is 2.24. The molecule has 0 bridgehead atoms. The van der Waals surface area contributed by atoms with Crippen molar-refractivity contribution in [3.05, 3.63) is 53.0 Å². The molecule has 2 amide bonds. The highest BCUT2D eigenvalue weighted by atomic mass is 35.5.